The van der Waals surface area contributed by atoms with Crippen LogP contribution in [0, 0.1) is 11.3 Å². The maximum Gasteiger partial charge on any atom is 0.244 e. The SMILES string of the molecule is COc1ccc(S(=O)(=O)N2CC(NC(=O)C=Cc3ccc(OCC#N)cc3)C2)cc1. The average Bonchev–Trinajstić information content (AvgIpc) is 2.73. The lowest BCUT2D eigenvalue weighted by molar-refractivity contribution is -0.117. The van der Waals surface area contributed by atoms with Crippen LogP contribution in [0.3, 0.4) is 0 Å². The number of rotatable bonds is 8. The van der Waals surface area contributed by atoms with Gasteiger partial charge in [-0.15, -0.1) is 0 Å². The van der Waals surface area contributed by atoms with Crippen molar-refractivity contribution in [3.63, 3.8) is 0 Å². The molecule has 0 radical (unpaired) electrons. The minimum atomic E-state index is -3.59. The molecule has 0 unspecified atom stereocenters. The van der Waals surface area contributed by atoms with Gasteiger partial charge in [0.15, 0.2) is 6.61 Å². The zero-order valence-electron chi connectivity index (χ0n) is 16.3. The van der Waals surface area contributed by atoms with E-state index in [-0.39, 0.29) is 36.5 Å². The first-order valence-electron chi connectivity index (χ1n) is 9.15. The second kappa shape index (κ2) is 9.43. The van der Waals surface area contributed by atoms with Crippen LogP contribution in [0.4, 0.5) is 0 Å². The maximum absolute atomic E-state index is 12.6. The highest BCUT2D eigenvalue weighted by atomic mass is 32.2. The van der Waals surface area contributed by atoms with Gasteiger partial charge < -0.3 is 14.8 Å². The molecule has 1 amide bonds. The van der Waals surface area contributed by atoms with Gasteiger partial charge in [0.1, 0.15) is 17.6 Å². The van der Waals surface area contributed by atoms with Crippen molar-refractivity contribution in [1.82, 2.24) is 9.62 Å². The maximum atomic E-state index is 12.6. The molecule has 9 heteroatoms. The smallest absolute Gasteiger partial charge is 0.244 e. The Balaban J connectivity index is 1.48. The molecule has 1 aliphatic heterocycles. The fraction of sp³-hybridized carbons (Fsp3) is 0.238. The van der Waals surface area contributed by atoms with E-state index in [0.29, 0.717) is 11.5 Å². The van der Waals surface area contributed by atoms with Crippen LogP contribution in [-0.4, -0.2) is 51.5 Å². The second-order valence-electron chi connectivity index (χ2n) is 6.55. The molecule has 30 heavy (non-hydrogen) atoms. The topological polar surface area (TPSA) is 109 Å². The Morgan fingerprint density at radius 1 is 1.17 bits per heavy atom. The van der Waals surface area contributed by atoms with Gasteiger partial charge in [0.2, 0.25) is 15.9 Å². The van der Waals surface area contributed by atoms with Gasteiger partial charge in [0, 0.05) is 19.2 Å². The summed E-state index contributed by atoms with van der Waals surface area (Å²) in [5.74, 6) is 0.857. The Bertz CT molecular complexity index is 1050. The van der Waals surface area contributed by atoms with Crippen LogP contribution in [-0.2, 0) is 14.8 Å². The van der Waals surface area contributed by atoms with Crippen LogP contribution in [0.5, 0.6) is 11.5 Å². The monoisotopic (exact) mass is 427 g/mol. The fourth-order valence-electron chi connectivity index (χ4n) is 2.83. The van der Waals surface area contributed by atoms with E-state index in [0.717, 1.165) is 5.56 Å². The van der Waals surface area contributed by atoms with E-state index in [4.69, 9.17) is 14.7 Å². The molecule has 0 bridgehead atoms. The van der Waals surface area contributed by atoms with Crippen molar-refractivity contribution in [2.45, 2.75) is 10.9 Å². The molecule has 0 spiro atoms. The van der Waals surface area contributed by atoms with Crippen LogP contribution in [0.15, 0.2) is 59.5 Å². The molecule has 0 saturated carbocycles. The number of nitrogens with zero attached hydrogens (tertiary/aromatic N) is 2. The van der Waals surface area contributed by atoms with E-state index in [1.807, 2.05) is 6.07 Å². The number of nitriles is 1. The highest BCUT2D eigenvalue weighted by molar-refractivity contribution is 7.89. The predicted octanol–water partition coefficient (Wildman–Crippen LogP) is 1.80. The summed E-state index contributed by atoms with van der Waals surface area (Å²) in [4.78, 5) is 12.3. The number of methoxy groups -OCH3 is 1. The first-order chi connectivity index (χ1) is 14.4. The van der Waals surface area contributed by atoms with Crippen LogP contribution in [0.2, 0.25) is 0 Å². The van der Waals surface area contributed by atoms with Gasteiger partial charge in [-0.25, -0.2) is 8.42 Å². The number of carbonyl (C=O) groups excluding carboxylic acids is 1. The highest BCUT2D eigenvalue weighted by Crippen LogP contribution is 2.23. The van der Waals surface area contributed by atoms with Crippen LogP contribution in [0.1, 0.15) is 5.56 Å². The molecule has 2 aromatic rings. The summed E-state index contributed by atoms with van der Waals surface area (Å²) in [5.41, 5.74) is 0.798. The minimum Gasteiger partial charge on any atom is -0.497 e. The zero-order chi connectivity index (χ0) is 21.6. The molecule has 0 atom stereocenters. The fourth-order valence-corrected chi connectivity index (χ4v) is 4.36. The van der Waals surface area contributed by atoms with E-state index in [1.54, 1.807) is 42.5 Å². The van der Waals surface area contributed by atoms with Crippen LogP contribution < -0.4 is 14.8 Å². The van der Waals surface area contributed by atoms with Crippen molar-refractivity contribution >= 4 is 22.0 Å². The van der Waals surface area contributed by atoms with Gasteiger partial charge in [-0.05, 0) is 48.0 Å². The summed E-state index contributed by atoms with van der Waals surface area (Å²) in [6, 6.07) is 14.8. The molecule has 1 aliphatic rings. The summed E-state index contributed by atoms with van der Waals surface area (Å²) in [7, 11) is -2.07. The molecule has 1 heterocycles. The number of sulfonamides is 1. The van der Waals surface area contributed by atoms with Crippen molar-refractivity contribution in [3.8, 4) is 17.6 Å². The van der Waals surface area contributed by atoms with Crippen LogP contribution in [0.25, 0.3) is 6.08 Å². The molecular weight excluding hydrogens is 406 g/mol. The third-order valence-corrected chi connectivity index (χ3v) is 6.35. The predicted molar refractivity (Wildman–Crippen MR) is 110 cm³/mol. The number of hydrogen-bond donors (Lipinski definition) is 1. The Morgan fingerprint density at radius 2 is 1.80 bits per heavy atom. The van der Waals surface area contributed by atoms with Crippen molar-refractivity contribution in [1.29, 1.82) is 5.26 Å². The number of ether oxygens (including phenoxy) is 2. The molecule has 156 valence electrons. The first-order valence-corrected chi connectivity index (χ1v) is 10.6. The van der Waals surface area contributed by atoms with Crippen molar-refractivity contribution in [3.05, 3.63) is 60.2 Å². The summed E-state index contributed by atoms with van der Waals surface area (Å²) < 4.78 is 36.7. The van der Waals surface area contributed by atoms with Crippen molar-refractivity contribution < 1.29 is 22.7 Å². The molecule has 2 aromatic carbocycles. The Morgan fingerprint density at radius 3 is 2.40 bits per heavy atom. The number of carbonyl (C=O) groups is 1. The summed E-state index contributed by atoms with van der Waals surface area (Å²) in [6.07, 6.45) is 3.04. The van der Waals surface area contributed by atoms with Gasteiger partial charge in [0.25, 0.3) is 0 Å². The molecule has 0 aromatic heterocycles. The average molecular weight is 427 g/mol. The van der Waals surface area contributed by atoms with Crippen molar-refractivity contribution in [2.24, 2.45) is 0 Å². The van der Waals surface area contributed by atoms with E-state index in [2.05, 4.69) is 5.32 Å². The molecule has 0 aliphatic carbocycles. The number of nitrogens with one attached hydrogen (secondary N) is 1. The van der Waals surface area contributed by atoms with Gasteiger partial charge in [-0.2, -0.15) is 9.57 Å². The Labute approximate surface area is 175 Å². The van der Waals surface area contributed by atoms with E-state index < -0.39 is 10.0 Å². The first kappa shape index (κ1) is 21.4. The van der Waals surface area contributed by atoms with Gasteiger partial charge in [0.05, 0.1) is 18.0 Å². The normalized spacial score (nSPS) is 14.7. The third kappa shape index (κ3) is 5.17. The minimum absolute atomic E-state index is 0.0236. The molecular formula is C21H21N3O5S. The lowest BCUT2D eigenvalue weighted by atomic mass is 10.1. The largest absolute Gasteiger partial charge is 0.497 e. The Hall–Kier alpha value is -3.35. The lowest BCUT2D eigenvalue weighted by Gasteiger charge is -2.38. The van der Waals surface area contributed by atoms with Gasteiger partial charge in [-0.3, -0.25) is 4.79 Å². The van der Waals surface area contributed by atoms with Crippen LogP contribution >= 0.6 is 0 Å². The number of amides is 1. The van der Waals surface area contributed by atoms with E-state index >= 15 is 0 Å². The van der Waals surface area contributed by atoms with Gasteiger partial charge >= 0.3 is 0 Å². The third-order valence-electron chi connectivity index (χ3n) is 4.50. The second-order valence-corrected chi connectivity index (χ2v) is 8.49. The quantitative estimate of drug-likeness (QED) is 0.644. The summed E-state index contributed by atoms with van der Waals surface area (Å²) >= 11 is 0. The van der Waals surface area contributed by atoms with E-state index in [1.165, 1.54) is 29.6 Å². The summed E-state index contributed by atoms with van der Waals surface area (Å²) in [6.45, 7) is 0.419. The Kier molecular flexibility index (Phi) is 6.72. The lowest BCUT2D eigenvalue weighted by Crippen LogP contribution is -2.60. The molecule has 1 saturated heterocycles. The zero-order valence-corrected chi connectivity index (χ0v) is 17.1. The highest BCUT2D eigenvalue weighted by Gasteiger charge is 2.37. The number of benzene rings is 2. The molecule has 1 fully saturated rings. The molecule has 1 N–H and O–H groups in total. The molecule has 8 nitrogen and oxygen atoms in total. The summed E-state index contributed by atoms with van der Waals surface area (Å²) in [5, 5.41) is 11.3. The van der Waals surface area contributed by atoms with Gasteiger partial charge in [-0.1, -0.05) is 12.1 Å². The van der Waals surface area contributed by atoms with E-state index in [9.17, 15) is 13.2 Å². The standard InChI is InChI=1S/C21H21N3O5S/c1-28-18-7-9-20(10-8-18)30(26,27)24-14-17(15-24)23-21(25)11-4-16-2-5-19(6-3-16)29-13-12-22/h2-11,17H,13-15H2,1H3,(H,23,25). The molecule has 3 rings (SSSR count). The van der Waals surface area contributed by atoms with Crippen molar-refractivity contribution in [2.75, 3.05) is 26.8 Å². The number of hydrogen-bond acceptors (Lipinski definition) is 6.